The summed E-state index contributed by atoms with van der Waals surface area (Å²) in [5, 5.41) is 3.37. The van der Waals surface area contributed by atoms with E-state index in [2.05, 4.69) is 10.2 Å². The third-order valence-corrected chi connectivity index (χ3v) is 4.81. The van der Waals surface area contributed by atoms with Crippen molar-refractivity contribution in [1.29, 1.82) is 0 Å². The second kappa shape index (κ2) is 5.60. The van der Waals surface area contributed by atoms with E-state index in [1.54, 1.807) is 0 Å². The molecule has 0 radical (unpaired) electrons. The normalized spacial score (nSPS) is 29.4. The molecule has 1 N–H and O–H groups in total. The fraction of sp³-hybridized carbons (Fsp3) is 0.933. The standard InChI is InChI=1S/C15H26N2O/c18-15(14-7-4-10-16-14)17(13-8-9-13)11-12-5-2-1-3-6-12/h12-14,16H,1-11H2. The molecule has 1 heterocycles. The summed E-state index contributed by atoms with van der Waals surface area (Å²) in [6.45, 7) is 2.07. The Hall–Kier alpha value is -0.570. The lowest BCUT2D eigenvalue weighted by molar-refractivity contribution is -0.134. The van der Waals surface area contributed by atoms with E-state index in [4.69, 9.17) is 0 Å². The van der Waals surface area contributed by atoms with Gasteiger partial charge in [0.1, 0.15) is 0 Å². The van der Waals surface area contributed by atoms with Gasteiger partial charge in [-0.05, 0) is 51.0 Å². The number of hydrogen-bond acceptors (Lipinski definition) is 2. The van der Waals surface area contributed by atoms with Crippen LogP contribution in [0.1, 0.15) is 57.8 Å². The SMILES string of the molecule is O=C(C1CCCN1)N(CC1CCCCC1)C1CC1. The number of rotatable bonds is 4. The number of carbonyl (C=O) groups is 1. The van der Waals surface area contributed by atoms with Gasteiger partial charge in [-0.15, -0.1) is 0 Å². The van der Waals surface area contributed by atoms with Crippen LogP contribution in [0.15, 0.2) is 0 Å². The van der Waals surface area contributed by atoms with E-state index in [-0.39, 0.29) is 6.04 Å². The molecule has 1 aliphatic heterocycles. The zero-order chi connectivity index (χ0) is 12.4. The highest BCUT2D eigenvalue weighted by atomic mass is 16.2. The summed E-state index contributed by atoms with van der Waals surface area (Å²) in [5.41, 5.74) is 0. The van der Waals surface area contributed by atoms with Gasteiger partial charge in [0.2, 0.25) is 5.91 Å². The number of amides is 1. The smallest absolute Gasteiger partial charge is 0.239 e. The average Bonchev–Trinajstić information content (AvgIpc) is 3.10. The van der Waals surface area contributed by atoms with Crippen molar-refractivity contribution in [2.24, 2.45) is 5.92 Å². The predicted octanol–water partition coefficient (Wildman–Crippen LogP) is 2.31. The van der Waals surface area contributed by atoms with Crippen LogP contribution >= 0.6 is 0 Å². The Morgan fingerprint density at radius 2 is 1.78 bits per heavy atom. The number of carbonyl (C=O) groups excluding carboxylic acids is 1. The topological polar surface area (TPSA) is 32.3 Å². The lowest BCUT2D eigenvalue weighted by Gasteiger charge is -2.31. The van der Waals surface area contributed by atoms with Crippen molar-refractivity contribution in [2.75, 3.05) is 13.1 Å². The summed E-state index contributed by atoms with van der Waals surface area (Å²) in [7, 11) is 0. The minimum atomic E-state index is 0.134. The Morgan fingerprint density at radius 1 is 1.00 bits per heavy atom. The van der Waals surface area contributed by atoms with Crippen LogP contribution in [0.2, 0.25) is 0 Å². The maximum Gasteiger partial charge on any atom is 0.239 e. The molecular weight excluding hydrogens is 224 g/mol. The number of hydrogen-bond donors (Lipinski definition) is 1. The lowest BCUT2D eigenvalue weighted by Crippen LogP contribution is -2.46. The van der Waals surface area contributed by atoms with Gasteiger partial charge in [-0.2, -0.15) is 0 Å². The summed E-state index contributed by atoms with van der Waals surface area (Å²) in [6.07, 6.45) is 11.5. The number of nitrogens with one attached hydrogen (secondary N) is 1. The molecule has 0 bridgehead atoms. The molecule has 1 atom stereocenters. The van der Waals surface area contributed by atoms with E-state index in [0.29, 0.717) is 11.9 Å². The third-order valence-electron chi connectivity index (χ3n) is 4.81. The molecule has 3 aliphatic rings. The first kappa shape index (κ1) is 12.5. The molecule has 0 aromatic rings. The summed E-state index contributed by atoms with van der Waals surface area (Å²) in [4.78, 5) is 14.8. The van der Waals surface area contributed by atoms with Gasteiger partial charge in [-0.25, -0.2) is 0 Å². The van der Waals surface area contributed by atoms with E-state index < -0.39 is 0 Å². The maximum atomic E-state index is 12.6. The van der Waals surface area contributed by atoms with Crippen LogP contribution in [0.5, 0.6) is 0 Å². The fourth-order valence-electron chi connectivity index (χ4n) is 3.55. The van der Waals surface area contributed by atoms with Crippen LogP contribution in [0, 0.1) is 5.92 Å². The molecular formula is C15H26N2O. The second-order valence-corrected chi connectivity index (χ2v) is 6.37. The Morgan fingerprint density at radius 3 is 2.39 bits per heavy atom. The Balaban J connectivity index is 1.58. The van der Waals surface area contributed by atoms with Gasteiger partial charge in [-0.3, -0.25) is 4.79 Å². The van der Waals surface area contributed by atoms with Crippen molar-refractivity contribution >= 4 is 5.91 Å². The first-order valence-electron chi connectivity index (χ1n) is 7.88. The summed E-state index contributed by atoms with van der Waals surface area (Å²) in [6, 6.07) is 0.719. The highest BCUT2D eigenvalue weighted by Gasteiger charge is 2.37. The van der Waals surface area contributed by atoms with Gasteiger partial charge in [0.25, 0.3) is 0 Å². The van der Waals surface area contributed by atoms with Gasteiger partial charge in [0, 0.05) is 12.6 Å². The predicted molar refractivity (Wildman–Crippen MR) is 72.3 cm³/mol. The largest absolute Gasteiger partial charge is 0.338 e. The third kappa shape index (κ3) is 2.87. The summed E-state index contributed by atoms with van der Waals surface area (Å²) < 4.78 is 0. The maximum absolute atomic E-state index is 12.6. The van der Waals surface area contributed by atoms with Crippen molar-refractivity contribution in [3.8, 4) is 0 Å². The quantitative estimate of drug-likeness (QED) is 0.830. The van der Waals surface area contributed by atoms with Crippen LogP contribution < -0.4 is 5.32 Å². The minimum absolute atomic E-state index is 0.134. The molecule has 2 saturated carbocycles. The molecule has 3 rings (SSSR count). The fourth-order valence-corrected chi connectivity index (χ4v) is 3.55. The molecule has 102 valence electrons. The van der Waals surface area contributed by atoms with Crippen molar-refractivity contribution in [2.45, 2.75) is 69.9 Å². The monoisotopic (exact) mass is 250 g/mol. The van der Waals surface area contributed by atoms with Crippen LogP contribution in [-0.2, 0) is 4.79 Å². The van der Waals surface area contributed by atoms with Crippen LogP contribution in [0.3, 0.4) is 0 Å². The van der Waals surface area contributed by atoms with Crippen molar-refractivity contribution in [3.05, 3.63) is 0 Å². The van der Waals surface area contributed by atoms with E-state index in [9.17, 15) is 4.79 Å². The molecule has 0 aromatic heterocycles. The Bertz CT molecular complexity index is 289. The Kier molecular flexibility index (Phi) is 3.88. The molecule has 0 spiro atoms. The second-order valence-electron chi connectivity index (χ2n) is 6.37. The van der Waals surface area contributed by atoms with Gasteiger partial charge >= 0.3 is 0 Å². The van der Waals surface area contributed by atoms with Crippen LogP contribution in [0.4, 0.5) is 0 Å². The van der Waals surface area contributed by atoms with E-state index in [1.807, 2.05) is 0 Å². The molecule has 3 nitrogen and oxygen atoms in total. The number of nitrogens with zero attached hydrogens (tertiary/aromatic N) is 1. The highest BCUT2D eigenvalue weighted by Crippen LogP contribution is 2.32. The molecule has 3 fully saturated rings. The van der Waals surface area contributed by atoms with Gasteiger partial charge < -0.3 is 10.2 Å². The molecule has 3 heteroatoms. The molecule has 1 amide bonds. The van der Waals surface area contributed by atoms with Crippen LogP contribution in [-0.4, -0.2) is 36.0 Å². The minimum Gasteiger partial charge on any atom is -0.338 e. The first-order chi connectivity index (χ1) is 8.84. The molecule has 2 aliphatic carbocycles. The first-order valence-corrected chi connectivity index (χ1v) is 7.88. The van der Waals surface area contributed by atoms with Crippen LogP contribution in [0.25, 0.3) is 0 Å². The average molecular weight is 250 g/mol. The molecule has 1 unspecified atom stereocenters. The van der Waals surface area contributed by atoms with E-state index >= 15 is 0 Å². The zero-order valence-corrected chi connectivity index (χ0v) is 11.4. The van der Waals surface area contributed by atoms with Gasteiger partial charge in [-0.1, -0.05) is 19.3 Å². The van der Waals surface area contributed by atoms with E-state index in [1.165, 1.54) is 51.4 Å². The van der Waals surface area contributed by atoms with E-state index in [0.717, 1.165) is 25.4 Å². The molecule has 0 aromatic carbocycles. The molecule has 1 saturated heterocycles. The summed E-state index contributed by atoms with van der Waals surface area (Å²) >= 11 is 0. The Labute approximate surface area is 110 Å². The van der Waals surface area contributed by atoms with Crippen molar-refractivity contribution in [1.82, 2.24) is 10.2 Å². The van der Waals surface area contributed by atoms with Gasteiger partial charge in [0.05, 0.1) is 6.04 Å². The van der Waals surface area contributed by atoms with Crippen molar-refractivity contribution < 1.29 is 4.79 Å². The van der Waals surface area contributed by atoms with Crippen molar-refractivity contribution in [3.63, 3.8) is 0 Å². The van der Waals surface area contributed by atoms with Gasteiger partial charge in [0.15, 0.2) is 0 Å². The molecule has 18 heavy (non-hydrogen) atoms. The lowest BCUT2D eigenvalue weighted by atomic mass is 9.88. The zero-order valence-electron chi connectivity index (χ0n) is 11.4. The summed E-state index contributed by atoms with van der Waals surface area (Å²) in [5.74, 6) is 1.19. The highest BCUT2D eigenvalue weighted by molar-refractivity contribution is 5.82.